The number of nitrogens with one attached hydrogen (secondary N) is 1. The van der Waals surface area contributed by atoms with Crippen LogP contribution in [0.1, 0.15) is 58.3 Å². The van der Waals surface area contributed by atoms with Crippen LogP contribution in [0.15, 0.2) is 18.2 Å². The molecule has 0 aromatic heterocycles. The number of amides is 2. The molecule has 1 aromatic rings. The maximum atomic E-state index is 13.6. The molecule has 2 amide bonds. The number of halogens is 2. The summed E-state index contributed by atoms with van der Waals surface area (Å²) in [6, 6.07) is 2.80. The highest BCUT2D eigenvalue weighted by Crippen LogP contribution is 2.18. The van der Waals surface area contributed by atoms with Crippen LogP contribution in [0.4, 0.5) is 19.3 Å². The van der Waals surface area contributed by atoms with Gasteiger partial charge in [0.15, 0.2) is 0 Å². The van der Waals surface area contributed by atoms with Gasteiger partial charge in [-0.2, -0.15) is 0 Å². The van der Waals surface area contributed by atoms with E-state index in [1.54, 1.807) is 0 Å². The fraction of sp³-hybridized carbons (Fsp3) is 0.611. The molecule has 0 unspecified atom stereocenters. The summed E-state index contributed by atoms with van der Waals surface area (Å²) in [6.07, 6.45) is 9.58. The maximum absolute atomic E-state index is 13.6. The van der Waals surface area contributed by atoms with Gasteiger partial charge in [0.1, 0.15) is 11.6 Å². The molecule has 23 heavy (non-hydrogen) atoms. The number of carbonyl (C=O) groups excluding carboxylic acids is 1. The zero-order valence-electron chi connectivity index (χ0n) is 14.2. The molecule has 0 spiro atoms. The van der Waals surface area contributed by atoms with Crippen molar-refractivity contribution < 1.29 is 13.6 Å². The smallest absolute Gasteiger partial charge is 0.321 e. The Kier molecular flexibility index (Phi) is 9.25. The number of anilines is 1. The standard InChI is InChI=1S/C18H28F2N2O/c1-3-4-5-6-7-8-9-10-13-21-18(23)22(2)17-12-11-15(19)14-16(17)20/h11-12,14H,3-10,13H2,1-2H3,(H,21,23). The molecule has 130 valence electrons. The summed E-state index contributed by atoms with van der Waals surface area (Å²) in [7, 11) is 1.47. The van der Waals surface area contributed by atoms with Gasteiger partial charge in [0, 0.05) is 19.7 Å². The van der Waals surface area contributed by atoms with Crippen LogP contribution in [-0.4, -0.2) is 19.6 Å². The molecule has 0 fully saturated rings. The number of hydrogen-bond acceptors (Lipinski definition) is 1. The normalized spacial score (nSPS) is 10.6. The molecule has 0 aliphatic heterocycles. The van der Waals surface area contributed by atoms with Crippen molar-refractivity contribution in [3.8, 4) is 0 Å². The van der Waals surface area contributed by atoms with Gasteiger partial charge in [-0.3, -0.25) is 4.90 Å². The lowest BCUT2D eigenvalue weighted by atomic mass is 10.1. The minimum atomic E-state index is -0.741. The lowest BCUT2D eigenvalue weighted by Gasteiger charge is -2.18. The molecule has 0 heterocycles. The highest BCUT2D eigenvalue weighted by molar-refractivity contribution is 5.91. The first kappa shape index (κ1) is 19.4. The fourth-order valence-electron chi connectivity index (χ4n) is 2.44. The van der Waals surface area contributed by atoms with E-state index in [1.807, 2.05) is 0 Å². The highest BCUT2D eigenvalue weighted by atomic mass is 19.1. The Balaban J connectivity index is 2.18. The number of unbranched alkanes of at least 4 members (excludes halogenated alkanes) is 7. The molecule has 0 saturated heterocycles. The van der Waals surface area contributed by atoms with Crippen LogP contribution in [0.5, 0.6) is 0 Å². The summed E-state index contributed by atoms with van der Waals surface area (Å²) in [5.74, 6) is -1.39. The van der Waals surface area contributed by atoms with E-state index < -0.39 is 11.6 Å². The van der Waals surface area contributed by atoms with Gasteiger partial charge in [0.25, 0.3) is 0 Å². The van der Waals surface area contributed by atoms with Crippen LogP contribution < -0.4 is 10.2 Å². The quantitative estimate of drug-likeness (QED) is 0.585. The molecule has 5 heteroatoms. The topological polar surface area (TPSA) is 32.3 Å². The van der Waals surface area contributed by atoms with Crippen molar-refractivity contribution in [3.63, 3.8) is 0 Å². The van der Waals surface area contributed by atoms with Gasteiger partial charge in [0.2, 0.25) is 0 Å². The van der Waals surface area contributed by atoms with Gasteiger partial charge >= 0.3 is 6.03 Å². The average molecular weight is 326 g/mol. The number of nitrogens with zero attached hydrogens (tertiary/aromatic N) is 1. The Morgan fingerprint density at radius 3 is 2.26 bits per heavy atom. The predicted octanol–water partition coefficient (Wildman–Crippen LogP) is 5.25. The molecule has 0 bridgehead atoms. The molecule has 1 N–H and O–H groups in total. The van der Waals surface area contributed by atoms with E-state index in [0.29, 0.717) is 6.54 Å². The number of carbonyl (C=O) groups is 1. The number of rotatable bonds is 10. The molecular formula is C18H28F2N2O. The predicted molar refractivity (Wildman–Crippen MR) is 90.8 cm³/mol. The van der Waals surface area contributed by atoms with E-state index in [2.05, 4.69) is 12.2 Å². The zero-order chi connectivity index (χ0) is 17.1. The van der Waals surface area contributed by atoms with Gasteiger partial charge in [-0.25, -0.2) is 13.6 Å². The summed E-state index contributed by atoms with van der Waals surface area (Å²) in [5, 5.41) is 2.76. The largest absolute Gasteiger partial charge is 0.338 e. The fourth-order valence-corrected chi connectivity index (χ4v) is 2.44. The lowest BCUT2D eigenvalue weighted by Crippen LogP contribution is -2.38. The van der Waals surface area contributed by atoms with E-state index in [1.165, 1.54) is 56.5 Å². The Hall–Kier alpha value is -1.65. The van der Waals surface area contributed by atoms with Gasteiger partial charge in [-0.1, -0.05) is 51.9 Å². The third kappa shape index (κ3) is 7.44. The minimum Gasteiger partial charge on any atom is -0.338 e. The average Bonchev–Trinajstić information content (AvgIpc) is 2.52. The molecular weight excluding hydrogens is 298 g/mol. The van der Waals surface area contributed by atoms with Crippen molar-refractivity contribution in [2.75, 3.05) is 18.5 Å². The minimum absolute atomic E-state index is 0.0693. The van der Waals surface area contributed by atoms with E-state index >= 15 is 0 Å². The van der Waals surface area contributed by atoms with Crippen LogP contribution >= 0.6 is 0 Å². The van der Waals surface area contributed by atoms with Gasteiger partial charge in [-0.05, 0) is 18.6 Å². The first-order valence-corrected chi connectivity index (χ1v) is 8.53. The van der Waals surface area contributed by atoms with Crippen molar-refractivity contribution >= 4 is 11.7 Å². The maximum Gasteiger partial charge on any atom is 0.321 e. The van der Waals surface area contributed by atoms with Crippen LogP contribution in [0.3, 0.4) is 0 Å². The highest BCUT2D eigenvalue weighted by Gasteiger charge is 2.14. The van der Waals surface area contributed by atoms with Gasteiger partial charge in [-0.15, -0.1) is 0 Å². The first-order chi connectivity index (χ1) is 11.1. The summed E-state index contributed by atoms with van der Waals surface area (Å²) in [5.41, 5.74) is 0.0693. The second kappa shape index (κ2) is 11.0. The molecule has 1 aromatic carbocycles. The van der Waals surface area contributed by atoms with Crippen molar-refractivity contribution in [3.05, 3.63) is 29.8 Å². The molecule has 0 radical (unpaired) electrons. The van der Waals surface area contributed by atoms with Crippen molar-refractivity contribution in [1.29, 1.82) is 0 Å². The first-order valence-electron chi connectivity index (χ1n) is 8.53. The summed E-state index contributed by atoms with van der Waals surface area (Å²) >= 11 is 0. The van der Waals surface area contributed by atoms with E-state index in [9.17, 15) is 13.6 Å². The van der Waals surface area contributed by atoms with Crippen LogP contribution in [0.25, 0.3) is 0 Å². The third-order valence-electron chi connectivity index (χ3n) is 3.88. The molecule has 3 nitrogen and oxygen atoms in total. The third-order valence-corrected chi connectivity index (χ3v) is 3.88. The lowest BCUT2D eigenvalue weighted by molar-refractivity contribution is 0.247. The Bertz CT molecular complexity index is 480. The van der Waals surface area contributed by atoms with Crippen molar-refractivity contribution in [2.45, 2.75) is 58.3 Å². The van der Waals surface area contributed by atoms with Crippen molar-refractivity contribution in [2.24, 2.45) is 0 Å². The Morgan fingerprint density at radius 2 is 1.65 bits per heavy atom. The number of benzene rings is 1. The van der Waals surface area contributed by atoms with E-state index in [-0.39, 0.29) is 11.7 Å². The van der Waals surface area contributed by atoms with Crippen LogP contribution in [0, 0.1) is 11.6 Å². The Labute approximate surface area is 138 Å². The second-order valence-corrected chi connectivity index (χ2v) is 5.86. The summed E-state index contributed by atoms with van der Waals surface area (Å²) in [6.45, 7) is 2.78. The van der Waals surface area contributed by atoms with E-state index in [4.69, 9.17) is 0 Å². The molecule has 1 rings (SSSR count). The molecule has 0 saturated carbocycles. The number of urea groups is 1. The van der Waals surface area contributed by atoms with Gasteiger partial charge < -0.3 is 5.32 Å². The van der Waals surface area contributed by atoms with Crippen molar-refractivity contribution in [1.82, 2.24) is 5.32 Å². The monoisotopic (exact) mass is 326 g/mol. The SMILES string of the molecule is CCCCCCCCCCNC(=O)N(C)c1ccc(F)cc1F. The van der Waals surface area contributed by atoms with E-state index in [0.717, 1.165) is 25.0 Å². The molecule has 0 atom stereocenters. The second-order valence-electron chi connectivity index (χ2n) is 5.86. The molecule has 0 aliphatic carbocycles. The summed E-state index contributed by atoms with van der Waals surface area (Å²) in [4.78, 5) is 13.1. The van der Waals surface area contributed by atoms with Crippen LogP contribution in [-0.2, 0) is 0 Å². The zero-order valence-corrected chi connectivity index (χ0v) is 14.2. The number of hydrogen-bond donors (Lipinski definition) is 1. The molecule has 0 aliphatic rings. The summed E-state index contributed by atoms with van der Waals surface area (Å²) < 4.78 is 26.5. The van der Waals surface area contributed by atoms with Crippen LogP contribution in [0.2, 0.25) is 0 Å². The Morgan fingerprint density at radius 1 is 1.04 bits per heavy atom. The van der Waals surface area contributed by atoms with Gasteiger partial charge in [0.05, 0.1) is 5.69 Å².